The van der Waals surface area contributed by atoms with Crippen LogP contribution in [0, 0.1) is 5.41 Å². The largest absolute Gasteiger partial charge is 0.356 e. The fraction of sp³-hybridized carbons (Fsp3) is 0.611. The van der Waals surface area contributed by atoms with Gasteiger partial charge in [0.15, 0.2) is 0 Å². The van der Waals surface area contributed by atoms with Crippen molar-refractivity contribution >= 4 is 5.91 Å². The zero-order valence-corrected chi connectivity index (χ0v) is 14.1. The molecule has 0 radical (unpaired) electrons. The van der Waals surface area contributed by atoms with Crippen molar-refractivity contribution in [3.63, 3.8) is 0 Å². The number of benzene rings is 1. The van der Waals surface area contributed by atoms with Crippen LogP contribution in [-0.2, 0) is 27.4 Å². The number of hydrogen-bond acceptors (Lipinski definition) is 2. The number of nitrogens with zero attached hydrogens (tertiary/aromatic N) is 1. The Labute approximate surface area is 143 Å². The molecule has 4 heteroatoms. The smallest absolute Gasteiger partial charge is 0.220 e. The topological polar surface area (TPSA) is 32.3 Å². The van der Waals surface area contributed by atoms with E-state index in [4.69, 9.17) is 0 Å². The van der Waals surface area contributed by atoms with E-state index in [2.05, 4.69) is 40.5 Å². The van der Waals surface area contributed by atoms with Crippen LogP contribution in [0.25, 0.3) is 0 Å². The molecule has 1 N–H and O–H groups in total. The zero-order chi connectivity index (χ0) is 14.3. The van der Waals surface area contributed by atoms with E-state index in [0.29, 0.717) is 0 Å². The Morgan fingerprint density at radius 1 is 1.00 bits per heavy atom. The van der Waals surface area contributed by atoms with Gasteiger partial charge in [0, 0.05) is 48.7 Å². The molecule has 2 saturated heterocycles. The van der Waals surface area contributed by atoms with Gasteiger partial charge in [-0.3, -0.25) is 9.69 Å². The first-order valence-corrected chi connectivity index (χ1v) is 8.30. The number of rotatable bonds is 2. The minimum Gasteiger partial charge on any atom is -0.356 e. The van der Waals surface area contributed by atoms with Crippen molar-refractivity contribution in [3.05, 3.63) is 35.9 Å². The molecule has 0 atom stereocenters. The maximum atomic E-state index is 11.6. The van der Waals surface area contributed by atoms with E-state index in [1.165, 1.54) is 50.8 Å². The molecule has 0 bridgehead atoms. The van der Waals surface area contributed by atoms with E-state index in [0.717, 1.165) is 13.0 Å². The molecule has 0 aromatic heterocycles. The number of carbonyl (C=O) groups excluding carboxylic acids is 1. The Morgan fingerprint density at radius 2 is 1.68 bits per heavy atom. The first-order chi connectivity index (χ1) is 10.2. The predicted octanol–water partition coefficient (Wildman–Crippen LogP) is 2.67. The van der Waals surface area contributed by atoms with Crippen LogP contribution in [0.2, 0.25) is 0 Å². The zero-order valence-electron chi connectivity index (χ0n) is 13.0. The van der Waals surface area contributed by atoms with E-state index in [1.54, 1.807) is 0 Å². The Morgan fingerprint density at radius 3 is 2.18 bits per heavy atom. The molecule has 22 heavy (non-hydrogen) atoms. The molecule has 1 aliphatic carbocycles. The van der Waals surface area contributed by atoms with Gasteiger partial charge in [-0.25, -0.2) is 0 Å². The quantitative estimate of drug-likeness (QED) is 0.840. The third-order valence-corrected chi connectivity index (χ3v) is 6.11. The molecule has 3 fully saturated rings. The average Bonchev–Trinajstić information content (AvgIpc) is 2.82. The summed E-state index contributed by atoms with van der Waals surface area (Å²) < 4.78 is 0. The van der Waals surface area contributed by atoms with E-state index < -0.39 is 0 Å². The molecular formula is C18H24FeN2O. The molecule has 2 heterocycles. The molecule has 0 unspecified atom stereocenters. The van der Waals surface area contributed by atoms with Crippen LogP contribution in [-0.4, -0.2) is 30.4 Å². The molecule has 4 rings (SSSR count). The van der Waals surface area contributed by atoms with Gasteiger partial charge >= 0.3 is 0 Å². The van der Waals surface area contributed by atoms with Crippen LogP contribution < -0.4 is 5.32 Å². The maximum Gasteiger partial charge on any atom is 0.220 e. The van der Waals surface area contributed by atoms with Gasteiger partial charge in [-0.05, 0) is 43.1 Å². The van der Waals surface area contributed by atoms with E-state index >= 15 is 0 Å². The van der Waals surface area contributed by atoms with Crippen molar-refractivity contribution in [1.82, 2.24) is 10.2 Å². The van der Waals surface area contributed by atoms with E-state index in [-0.39, 0.29) is 33.9 Å². The molecule has 1 aromatic rings. The van der Waals surface area contributed by atoms with Crippen LogP contribution >= 0.6 is 0 Å². The fourth-order valence-electron chi connectivity index (χ4n) is 4.58. The second kappa shape index (κ2) is 5.99. The summed E-state index contributed by atoms with van der Waals surface area (Å²) in [7, 11) is 0. The third kappa shape index (κ3) is 2.51. The second-order valence-corrected chi connectivity index (χ2v) is 7.19. The van der Waals surface area contributed by atoms with Crippen LogP contribution in [0.15, 0.2) is 30.3 Å². The summed E-state index contributed by atoms with van der Waals surface area (Å²) in [6, 6.07) is 11.0. The molecule has 3 aliphatic rings. The fourth-order valence-corrected chi connectivity index (χ4v) is 4.58. The van der Waals surface area contributed by atoms with Crippen LogP contribution in [0.4, 0.5) is 0 Å². The van der Waals surface area contributed by atoms with Gasteiger partial charge in [0.1, 0.15) is 0 Å². The minimum atomic E-state index is 0. The average molecular weight is 340 g/mol. The van der Waals surface area contributed by atoms with Gasteiger partial charge in [-0.1, -0.05) is 30.3 Å². The number of likely N-dealkylation sites (tertiary alicyclic amines) is 1. The molecular weight excluding hydrogens is 316 g/mol. The van der Waals surface area contributed by atoms with Crippen molar-refractivity contribution in [1.29, 1.82) is 0 Å². The normalized spacial score (nSPS) is 34.8. The SMILES string of the molecule is O=C1CC2(CCC(c3ccccc3)(N3CCC3)CC2)CN1.[Fe]. The molecule has 1 saturated carbocycles. The number of amides is 1. The summed E-state index contributed by atoms with van der Waals surface area (Å²) in [5, 5.41) is 3.05. The first-order valence-electron chi connectivity index (χ1n) is 8.30. The van der Waals surface area contributed by atoms with Crippen molar-refractivity contribution in [2.45, 2.75) is 44.1 Å². The van der Waals surface area contributed by atoms with Crippen molar-refractivity contribution in [2.75, 3.05) is 19.6 Å². The van der Waals surface area contributed by atoms with E-state index in [9.17, 15) is 4.79 Å². The summed E-state index contributed by atoms with van der Waals surface area (Å²) in [5.74, 6) is 0.256. The van der Waals surface area contributed by atoms with Gasteiger partial charge < -0.3 is 5.32 Å². The molecule has 2 aliphatic heterocycles. The second-order valence-electron chi connectivity index (χ2n) is 7.19. The van der Waals surface area contributed by atoms with Gasteiger partial charge in [0.05, 0.1) is 0 Å². The first kappa shape index (κ1) is 16.0. The van der Waals surface area contributed by atoms with Crippen molar-refractivity contribution in [3.8, 4) is 0 Å². The van der Waals surface area contributed by atoms with E-state index in [1.807, 2.05) is 0 Å². The molecule has 120 valence electrons. The molecule has 1 amide bonds. The van der Waals surface area contributed by atoms with Crippen LogP contribution in [0.1, 0.15) is 44.1 Å². The monoisotopic (exact) mass is 340 g/mol. The van der Waals surface area contributed by atoms with Crippen LogP contribution in [0.3, 0.4) is 0 Å². The van der Waals surface area contributed by atoms with Gasteiger partial charge in [0.25, 0.3) is 0 Å². The summed E-state index contributed by atoms with van der Waals surface area (Å²) >= 11 is 0. The van der Waals surface area contributed by atoms with Crippen LogP contribution in [0.5, 0.6) is 0 Å². The molecule has 1 spiro atoms. The Hall–Kier alpha value is -0.831. The summed E-state index contributed by atoms with van der Waals surface area (Å²) in [6.07, 6.45) is 6.84. The predicted molar refractivity (Wildman–Crippen MR) is 82.8 cm³/mol. The Kier molecular flexibility index (Phi) is 4.37. The Balaban J connectivity index is 0.00000144. The summed E-state index contributed by atoms with van der Waals surface area (Å²) in [6.45, 7) is 3.37. The number of hydrogen-bond donors (Lipinski definition) is 1. The summed E-state index contributed by atoms with van der Waals surface area (Å²) in [5.41, 5.74) is 1.97. The van der Waals surface area contributed by atoms with Crippen molar-refractivity contribution < 1.29 is 21.9 Å². The summed E-state index contributed by atoms with van der Waals surface area (Å²) in [4.78, 5) is 14.3. The minimum absolute atomic E-state index is 0. The maximum absolute atomic E-state index is 11.6. The molecule has 1 aromatic carbocycles. The molecule has 3 nitrogen and oxygen atoms in total. The third-order valence-electron chi connectivity index (χ3n) is 6.11. The standard InChI is InChI=1S/C18H24N2O.Fe/c21-16-13-17(14-19-16)7-9-18(10-8-17,20-11-4-12-20)15-5-2-1-3-6-15;/h1-3,5-6H,4,7-14H2,(H,19,21);. The van der Waals surface area contributed by atoms with Gasteiger partial charge in [0.2, 0.25) is 5.91 Å². The number of carbonyl (C=O) groups is 1. The van der Waals surface area contributed by atoms with Crippen molar-refractivity contribution in [2.24, 2.45) is 5.41 Å². The Bertz CT molecular complexity index is 533. The van der Waals surface area contributed by atoms with Gasteiger partial charge in [-0.15, -0.1) is 0 Å². The number of nitrogens with one attached hydrogen (secondary N) is 1. The van der Waals surface area contributed by atoms with Gasteiger partial charge in [-0.2, -0.15) is 0 Å².